The lowest BCUT2D eigenvalue weighted by Gasteiger charge is -2.23. The molecule has 4 rings (SSSR count). The van der Waals surface area contributed by atoms with Crippen molar-refractivity contribution in [1.29, 1.82) is 5.26 Å². The molecule has 0 aromatic heterocycles. The Hall–Kier alpha value is -4.15. The predicted molar refractivity (Wildman–Crippen MR) is 142 cm³/mol. The first-order chi connectivity index (χ1) is 17.4. The normalized spacial score (nSPS) is 14.6. The summed E-state index contributed by atoms with van der Waals surface area (Å²) in [6, 6.07) is 26.1. The Morgan fingerprint density at radius 1 is 1.11 bits per heavy atom. The molecule has 1 aliphatic rings. The highest BCUT2D eigenvalue weighted by Gasteiger charge is 2.35. The molecule has 0 fully saturated rings. The number of amidine groups is 1. The van der Waals surface area contributed by atoms with E-state index in [1.165, 1.54) is 5.01 Å². The number of hydrazone groups is 1. The summed E-state index contributed by atoms with van der Waals surface area (Å²) in [5.41, 5.74) is 3.40. The van der Waals surface area contributed by atoms with E-state index in [9.17, 15) is 14.9 Å². The van der Waals surface area contributed by atoms with Gasteiger partial charge in [0.25, 0.3) is 5.91 Å². The van der Waals surface area contributed by atoms with Crippen LogP contribution in [0.2, 0.25) is 5.02 Å². The molecule has 0 saturated carbocycles. The van der Waals surface area contributed by atoms with Crippen LogP contribution in [0, 0.1) is 18.3 Å². The predicted octanol–water partition coefficient (Wildman–Crippen LogP) is 5.68. The van der Waals surface area contributed by atoms with Gasteiger partial charge in [0, 0.05) is 29.4 Å². The van der Waals surface area contributed by atoms with E-state index in [1.807, 2.05) is 72.5 Å². The molecule has 182 valence electrons. The van der Waals surface area contributed by atoms with Crippen LogP contribution in [0.3, 0.4) is 0 Å². The number of benzene rings is 3. The molecular formula is C28H26ClN5O2. The van der Waals surface area contributed by atoms with Gasteiger partial charge in [-0.15, -0.1) is 0 Å². The molecule has 0 spiro atoms. The van der Waals surface area contributed by atoms with Crippen LogP contribution in [0.4, 0.5) is 11.4 Å². The topological polar surface area (TPSA) is 88.8 Å². The zero-order valence-electron chi connectivity index (χ0n) is 19.9. The van der Waals surface area contributed by atoms with E-state index in [0.29, 0.717) is 29.5 Å². The van der Waals surface area contributed by atoms with Crippen molar-refractivity contribution in [2.45, 2.75) is 32.2 Å². The largest absolute Gasteiger partial charge is 0.327 e. The quantitative estimate of drug-likeness (QED) is 0.423. The smallest absolute Gasteiger partial charge is 0.252 e. The molecule has 7 nitrogen and oxygen atoms in total. The van der Waals surface area contributed by atoms with Crippen molar-refractivity contribution >= 4 is 40.6 Å². The molecule has 1 aliphatic heterocycles. The van der Waals surface area contributed by atoms with E-state index < -0.39 is 11.8 Å². The zero-order valence-corrected chi connectivity index (χ0v) is 20.7. The van der Waals surface area contributed by atoms with Crippen molar-refractivity contribution in [3.05, 3.63) is 95.0 Å². The van der Waals surface area contributed by atoms with E-state index >= 15 is 0 Å². The summed E-state index contributed by atoms with van der Waals surface area (Å²) < 4.78 is 0. The first-order valence-electron chi connectivity index (χ1n) is 11.7. The lowest BCUT2D eigenvalue weighted by molar-refractivity contribution is -0.136. The molecule has 0 bridgehead atoms. The fourth-order valence-corrected chi connectivity index (χ4v) is 4.28. The lowest BCUT2D eigenvalue weighted by atomic mass is 10.0. The minimum Gasteiger partial charge on any atom is -0.327 e. The van der Waals surface area contributed by atoms with Gasteiger partial charge in [-0.3, -0.25) is 9.59 Å². The van der Waals surface area contributed by atoms with Crippen LogP contribution in [0.15, 0.2) is 84.0 Å². The van der Waals surface area contributed by atoms with Gasteiger partial charge >= 0.3 is 0 Å². The number of carbonyl (C=O) groups is 2. The van der Waals surface area contributed by atoms with Gasteiger partial charge in [0.15, 0.2) is 0 Å². The summed E-state index contributed by atoms with van der Waals surface area (Å²) in [5, 5.41) is 18.7. The molecule has 2 amide bonds. The van der Waals surface area contributed by atoms with Crippen molar-refractivity contribution in [2.75, 3.05) is 16.8 Å². The van der Waals surface area contributed by atoms with Gasteiger partial charge in [-0.25, -0.2) is 5.01 Å². The third kappa shape index (κ3) is 6.09. The fraction of sp³-hybridized carbons (Fsp3) is 0.214. The second kappa shape index (κ2) is 11.5. The van der Waals surface area contributed by atoms with E-state index in [1.54, 1.807) is 18.2 Å². The maximum atomic E-state index is 13.3. The van der Waals surface area contributed by atoms with Gasteiger partial charge in [0.2, 0.25) is 5.91 Å². The SMILES string of the molecule is Cc1cccc(NC(=O)CC(=O)N2N=C(N(CCC#N)c3ccc(Cl)cc3)C[C@@H]2c2ccccc2)c1. The number of nitrogens with zero attached hydrogens (tertiary/aromatic N) is 4. The molecular weight excluding hydrogens is 474 g/mol. The molecule has 0 aliphatic carbocycles. The molecule has 8 heteroatoms. The third-order valence-corrected chi connectivity index (χ3v) is 6.10. The molecule has 3 aromatic carbocycles. The molecule has 1 N–H and O–H groups in total. The number of rotatable bonds is 7. The number of halogens is 1. The second-order valence-corrected chi connectivity index (χ2v) is 8.95. The second-order valence-electron chi connectivity index (χ2n) is 8.52. The Labute approximate surface area is 215 Å². The van der Waals surface area contributed by atoms with Crippen molar-refractivity contribution in [3.8, 4) is 6.07 Å². The van der Waals surface area contributed by atoms with Gasteiger partial charge in [0.05, 0.1) is 18.5 Å². The Balaban J connectivity index is 1.60. The number of amides is 2. The summed E-state index contributed by atoms with van der Waals surface area (Å²) in [4.78, 5) is 27.9. The van der Waals surface area contributed by atoms with E-state index in [4.69, 9.17) is 11.6 Å². The van der Waals surface area contributed by atoms with Crippen LogP contribution in [0.5, 0.6) is 0 Å². The van der Waals surface area contributed by atoms with Crippen molar-refractivity contribution < 1.29 is 9.59 Å². The number of nitriles is 1. The first-order valence-corrected chi connectivity index (χ1v) is 12.0. The van der Waals surface area contributed by atoms with Crippen LogP contribution in [-0.4, -0.2) is 29.2 Å². The Morgan fingerprint density at radius 3 is 2.56 bits per heavy atom. The fourth-order valence-electron chi connectivity index (χ4n) is 4.16. The monoisotopic (exact) mass is 499 g/mol. The molecule has 3 aromatic rings. The van der Waals surface area contributed by atoms with E-state index in [2.05, 4.69) is 16.5 Å². The zero-order chi connectivity index (χ0) is 25.5. The number of nitrogens with one attached hydrogen (secondary N) is 1. The summed E-state index contributed by atoms with van der Waals surface area (Å²) in [7, 11) is 0. The third-order valence-electron chi connectivity index (χ3n) is 5.84. The highest BCUT2D eigenvalue weighted by molar-refractivity contribution is 6.30. The average molecular weight is 500 g/mol. The van der Waals surface area contributed by atoms with Crippen molar-refractivity contribution in [1.82, 2.24) is 5.01 Å². The van der Waals surface area contributed by atoms with Crippen LogP contribution in [0.1, 0.15) is 36.4 Å². The Kier molecular flexibility index (Phi) is 7.99. The molecule has 36 heavy (non-hydrogen) atoms. The lowest BCUT2D eigenvalue weighted by Crippen LogP contribution is -2.31. The van der Waals surface area contributed by atoms with Crippen molar-refractivity contribution in [3.63, 3.8) is 0 Å². The van der Waals surface area contributed by atoms with Crippen LogP contribution in [-0.2, 0) is 9.59 Å². The van der Waals surface area contributed by atoms with Gasteiger partial charge in [0.1, 0.15) is 12.3 Å². The summed E-state index contributed by atoms with van der Waals surface area (Å²) in [6.07, 6.45) is 0.390. The van der Waals surface area contributed by atoms with Gasteiger partial charge in [-0.1, -0.05) is 54.1 Å². The van der Waals surface area contributed by atoms with Crippen LogP contribution >= 0.6 is 11.6 Å². The number of hydrogen-bond donors (Lipinski definition) is 1. The first kappa shape index (κ1) is 25.0. The molecule has 0 radical (unpaired) electrons. The summed E-state index contributed by atoms with van der Waals surface area (Å²) in [5.74, 6) is -0.158. The van der Waals surface area contributed by atoms with Gasteiger partial charge < -0.3 is 10.2 Å². The van der Waals surface area contributed by atoms with E-state index in [-0.39, 0.29) is 18.9 Å². The Bertz CT molecular complexity index is 1300. The molecule has 1 heterocycles. The number of anilines is 2. The number of aryl methyl sites for hydroxylation is 1. The summed E-state index contributed by atoms with van der Waals surface area (Å²) >= 11 is 6.07. The average Bonchev–Trinajstić information content (AvgIpc) is 3.31. The highest BCUT2D eigenvalue weighted by atomic mass is 35.5. The number of hydrogen-bond acceptors (Lipinski definition) is 5. The molecule has 0 saturated heterocycles. The number of carbonyl (C=O) groups excluding carboxylic acids is 2. The minimum atomic E-state index is -0.403. The summed E-state index contributed by atoms with van der Waals surface area (Å²) in [6.45, 7) is 2.35. The minimum absolute atomic E-state index is 0.282. The van der Waals surface area contributed by atoms with Crippen molar-refractivity contribution in [2.24, 2.45) is 5.10 Å². The van der Waals surface area contributed by atoms with Crippen LogP contribution in [0.25, 0.3) is 0 Å². The van der Waals surface area contributed by atoms with Crippen LogP contribution < -0.4 is 10.2 Å². The van der Waals surface area contributed by atoms with Gasteiger partial charge in [-0.2, -0.15) is 10.4 Å². The standard InChI is InChI=1S/C28H26ClN5O2/c1-20-7-5-10-23(17-20)31-27(35)19-28(36)34-25(21-8-3-2-4-9-21)18-26(32-34)33(16-6-15-30)24-13-11-22(29)12-14-24/h2-5,7-14,17,25H,6,16,18-19H2,1H3,(H,31,35)/t25-/m1/s1. The molecule has 1 atom stereocenters. The Morgan fingerprint density at radius 2 is 1.86 bits per heavy atom. The maximum Gasteiger partial charge on any atom is 0.252 e. The van der Waals surface area contributed by atoms with E-state index in [0.717, 1.165) is 16.8 Å². The maximum absolute atomic E-state index is 13.3. The van der Waals surface area contributed by atoms with Gasteiger partial charge in [-0.05, 0) is 54.4 Å². The molecule has 0 unspecified atom stereocenters. The highest BCUT2D eigenvalue weighted by Crippen LogP contribution is 2.34.